The molecular weight excluding hydrogens is 308 g/mol. The third kappa shape index (κ3) is 2.66. The van der Waals surface area contributed by atoms with Crippen LogP contribution in [0.1, 0.15) is 13.8 Å². The maximum absolute atomic E-state index is 12.6. The Morgan fingerprint density at radius 1 is 0.917 bits per heavy atom. The Morgan fingerprint density at radius 2 is 1.46 bits per heavy atom. The number of hydrogen-bond donors (Lipinski definition) is 2. The predicted octanol–water partition coefficient (Wildman–Crippen LogP) is 0.940. The lowest BCUT2D eigenvalue weighted by Gasteiger charge is -2.20. The molecule has 1 aliphatic rings. The van der Waals surface area contributed by atoms with Gasteiger partial charge in [0, 0.05) is 28.2 Å². The molecule has 9 heteroatoms. The van der Waals surface area contributed by atoms with E-state index >= 15 is 0 Å². The van der Waals surface area contributed by atoms with E-state index in [4.69, 9.17) is 0 Å². The minimum atomic E-state index is -0.407. The summed E-state index contributed by atoms with van der Waals surface area (Å²) >= 11 is 0. The summed E-state index contributed by atoms with van der Waals surface area (Å²) in [5, 5.41) is 6.75. The van der Waals surface area contributed by atoms with Crippen molar-refractivity contribution < 1.29 is 4.79 Å². The van der Waals surface area contributed by atoms with Crippen LogP contribution in [-0.2, 0) is 4.79 Å². The molecule has 2 aromatic heterocycles. The van der Waals surface area contributed by atoms with Crippen LogP contribution in [0.2, 0.25) is 0 Å². The number of hydrogen-bond acceptors (Lipinski definition) is 8. The summed E-state index contributed by atoms with van der Waals surface area (Å²) in [5.41, 5.74) is 0.495. The molecule has 0 aromatic carbocycles. The van der Waals surface area contributed by atoms with Gasteiger partial charge in [-0.15, -0.1) is 0 Å². The SMILES string of the molecule is CC(C)C1Nc2nc(N(C)C)nc3nc(N(C)C)nc(c23)NC1=O. The molecule has 0 radical (unpaired) electrons. The van der Waals surface area contributed by atoms with E-state index in [9.17, 15) is 4.79 Å². The Morgan fingerprint density at radius 3 is 1.96 bits per heavy atom. The maximum atomic E-state index is 12.6. The fourth-order valence-corrected chi connectivity index (χ4v) is 2.48. The molecule has 24 heavy (non-hydrogen) atoms. The summed E-state index contributed by atoms with van der Waals surface area (Å²) in [6, 6.07) is -0.407. The third-order valence-corrected chi connectivity index (χ3v) is 3.82. The molecule has 0 fully saturated rings. The van der Waals surface area contributed by atoms with Crippen molar-refractivity contribution in [3.8, 4) is 0 Å². The van der Waals surface area contributed by atoms with Crippen LogP contribution in [0, 0.1) is 5.92 Å². The van der Waals surface area contributed by atoms with Gasteiger partial charge in [-0.05, 0) is 5.92 Å². The molecule has 128 valence electrons. The molecule has 0 aliphatic carbocycles. The maximum Gasteiger partial charge on any atom is 0.248 e. The second kappa shape index (κ2) is 5.73. The Bertz CT molecular complexity index is 796. The minimum Gasteiger partial charge on any atom is -0.357 e. The first-order chi connectivity index (χ1) is 11.3. The molecule has 0 spiro atoms. The van der Waals surface area contributed by atoms with Gasteiger partial charge in [0.25, 0.3) is 0 Å². The topological polar surface area (TPSA) is 99.2 Å². The Hall–Kier alpha value is -2.71. The van der Waals surface area contributed by atoms with Gasteiger partial charge >= 0.3 is 0 Å². The summed E-state index contributed by atoms with van der Waals surface area (Å²) in [7, 11) is 7.42. The van der Waals surface area contributed by atoms with Gasteiger partial charge in [-0.25, -0.2) is 0 Å². The summed E-state index contributed by atoms with van der Waals surface area (Å²) < 4.78 is 0. The smallest absolute Gasteiger partial charge is 0.248 e. The van der Waals surface area contributed by atoms with Gasteiger partial charge in [0.2, 0.25) is 17.8 Å². The number of amides is 1. The van der Waals surface area contributed by atoms with Crippen LogP contribution in [0.4, 0.5) is 23.5 Å². The van der Waals surface area contributed by atoms with Gasteiger partial charge in [0.15, 0.2) is 11.5 Å². The Labute approximate surface area is 140 Å². The van der Waals surface area contributed by atoms with E-state index in [0.29, 0.717) is 34.6 Å². The van der Waals surface area contributed by atoms with E-state index in [1.807, 2.05) is 42.0 Å². The summed E-state index contributed by atoms with van der Waals surface area (Å²) in [6.07, 6.45) is 0. The zero-order chi connectivity index (χ0) is 17.6. The number of aromatic nitrogens is 4. The minimum absolute atomic E-state index is 0.0911. The molecule has 0 saturated heterocycles. The van der Waals surface area contributed by atoms with Crippen molar-refractivity contribution in [2.45, 2.75) is 19.9 Å². The number of rotatable bonds is 3. The quantitative estimate of drug-likeness (QED) is 0.858. The van der Waals surface area contributed by atoms with Crippen LogP contribution >= 0.6 is 0 Å². The highest BCUT2D eigenvalue weighted by Crippen LogP contribution is 2.32. The lowest BCUT2D eigenvalue weighted by molar-refractivity contribution is -0.117. The summed E-state index contributed by atoms with van der Waals surface area (Å²) in [6.45, 7) is 3.96. The van der Waals surface area contributed by atoms with Crippen molar-refractivity contribution >= 4 is 40.5 Å². The first kappa shape index (κ1) is 16.2. The van der Waals surface area contributed by atoms with Crippen molar-refractivity contribution in [2.75, 3.05) is 48.6 Å². The van der Waals surface area contributed by atoms with E-state index in [1.165, 1.54) is 0 Å². The van der Waals surface area contributed by atoms with Gasteiger partial charge in [0.05, 0.1) is 0 Å². The normalized spacial score (nSPS) is 16.6. The van der Waals surface area contributed by atoms with Crippen LogP contribution < -0.4 is 20.4 Å². The highest BCUT2D eigenvalue weighted by Gasteiger charge is 2.30. The average Bonchev–Trinajstić information content (AvgIpc) is 2.64. The molecule has 1 aliphatic heterocycles. The fourth-order valence-electron chi connectivity index (χ4n) is 2.48. The molecule has 0 saturated carbocycles. The van der Waals surface area contributed by atoms with E-state index in [2.05, 4.69) is 30.6 Å². The molecule has 1 atom stereocenters. The Balaban J connectivity index is 2.29. The second-order valence-electron chi connectivity index (χ2n) is 6.59. The van der Waals surface area contributed by atoms with Crippen LogP contribution in [-0.4, -0.2) is 60.1 Å². The van der Waals surface area contributed by atoms with Crippen molar-refractivity contribution in [3.05, 3.63) is 0 Å². The van der Waals surface area contributed by atoms with Gasteiger partial charge in [0.1, 0.15) is 17.2 Å². The molecule has 2 aromatic rings. The third-order valence-electron chi connectivity index (χ3n) is 3.82. The van der Waals surface area contributed by atoms with Gasteiger partial charge in [-0.2, -0.15) is 19.9 Å². The largest absolute Gasteiger partial charge is 0.357 e. The lowest BCUT2D eigenvalue weighted by Crippen LogP contribution is -2.38. The highest BCUT2D eigenvalue weighted by molar-refractivity contribution is 6.09. The first-order valence-electron chi connectivity index (χ1n) is 7.79. The monoisotopic (exact) mass is 330 g/mol. The number of carbonyl (C=O) groups excluding carboxylic acids is 1. The average molecular weight is 330 g/mol. The van der Waals surface area contributed by atoms with Crippen LogP contribution in [0.3, 0.4) is 0 Å². The zero-order valence-electron chi connectivity index (χ0n) is 14.7. The molecule has 2 N–H and O–H groups in total. The summed E-state index contributed by atoms with van der Waals surface area (Å²) in [4.78, 5) is 34.2. The first-order valence-corrected chi connectivity index (χ1v) is 7.79. The molecule has 1 unspecified atom stereocenters. The number of carbonyl (C=O) groups is 1. The van der Waals surface area contributed by atoms with Gasteiger partial charge < -0.3 is 20.4 Å². The van der Waals surface area contributed by atoms with Gasteiger partial charge in [-0.3, -0.25) is 4.79 Å². The number of anilines is 4. The molecular formula is C15H22N8O. The zero-order valence-corrected chi connectivity index (χ0v) is 14.7. The number of nitrogens with zero attached hydrogens (tertiary/aromatic N) is 6. The van der Waals surface area contributed by atoms with Crippen molar-refractivity contribution in [1.29, 1.82) is 0 Å². The highest BCUT2D eigenvalue weighted by atomic mass is 16.2. The standard InChI is InChI=1S/C15H22N8O/c1-7(2)9-13(24)17-11-8-10(16-9)18-14(22(3)4)20-12(8)21-15(19-11)23(5)6/h7,9H,1-6H3,(H2,16,17,18,19,20,21,24). The van der Waals surface area contributed by atoms with Crippen molar-refractivity contribution in [2.24, 2.45) is 5.92 Å². The van der Waals surface area contributed by atoms with Crippen LogP contribution in [0.25, 0.3) is 11.0 Å². The van der Waals surface area contributed by atoms with Crippen LogP contribution in [0.5, 0.6) is 0 Å². The predicted molar refractivity (Wildman–Crippen MR) is 94.7 cm³/mol. The summed E-state index contributed by atoms with van der Waals surface area (Å²) in [5.74, 6) is 1.96. The second-order valence-corrected chi connectivity index (χ2v) is 6.59. The van der Waals surface area contributed by atoms with Gasteiger partial charge in [-0.1, -0.05) is 13.8 Å². The van der Waals surface area contributed by atoms with Crippen LogP contribution in [0.15, 0.2) is 0 Å². The van der Waals surface area contributed by atoms with Crippen molar-refractivity contribution in [1.82, 2.24) is 19.9 Å². The lowest BCUT2D eigenvalue weighted by atomic mass is 10.0. The van der Waals surface area contributed by atoms with E-state index in [-0.39, 0.29) is 11.8 Å². The molecule has 3 rings (SSSR count). The molecule has 9 nitrogen and oxygen atoms in total. The van der Waals surface area contributed by atoms with E-state index in [0.717, 1.165) is 0 Å². The van der Waals surface area contributed by atoms with Crippen molar-refractivity contribution in [3.63, 3.8) is 0 Å². The fraction of sp³-hybridized carbons (Fsp3) is 0.533. The molecule has 3 heterocycles. The number of nitrogens with one attached hydrogen (secondary N) is 2. The molecule has 1 amide bonds. The Kier molecular flexibility index (Phi) is 3.86. The van der Waals surface area contributed by atoms with E-state index < -0.39 is 6.04 Å². The van der Waals surface area contributed by atoms with E-state index in [1.54, 1.807) is 9.80 Å². The molecule has 0 bridgehead atoms.